The molecule has 1 aromatic heterocycles. The molecule has 1 aromatic carbocycles. The zero-order valence-electron chi connectivity index (χ0n) is 15.8. The molecule has 0 radical (unpaired) electrons. The lowest BCUT2D eigenvalue weighted by Gasteiger charge is -2.04. The van der Waals surface area contributed by atoms with Crippen LogP contribution in [-0.2, 0) is 6.54 Å². The minimum atomic E-state index is -0.420. The second-order valence-electron chi connectivity index (χ2n) is 6.13. The average molecular weight is 385 g/mol. The van der Waals surface area contributed by atoms with Gasteiger partial charge >= 0.3 is 0 Å². The number of halogens is 1. The molecule has 2 rings (SSSR count). The van der Waals surface area contributed by atoms with Crippen LogP contribution in [0.1, 0.15) is 53.4 Å². The third-order valence-electron chi connectivity index (χ3n) is 3.91. The van der Waals surface area contributed by atoms with Gasteiger partial charge in [-0.25, -0.2) is 9.37 Å². The Balaban J connectivity index is 2.32. The topological polar surface area (TPSA) is 42.0 Å². The Morgan fingerprint density at radius 1 is 1.33 bits per heavy atom. The van der Waals surface area contributed by atoms with Crippen molar-refractivity contribution in [3.8, 4) is 0 Å². The molecule has 0 atom stereocenters. The van der Waals surface area contributed by atoms with E-state index in [0.717, 1.165) is 24.8 Å². The highest BCUT2D eigenvalue weighted by Crippen LogP contribution is 2.31. The highest BCUT2D eigenvalue weighted by Gasteiger charge is 2.17. The largest absolute Gasteiger partial charge is 0.365 e. The van der Waals surface area contributed by atoms with E-state index < -0.39 is 5.83 Å². The molecule has 3 nitrogen and oxygen atoms in total. The second kappa shape index (κ2) is 10.6. The van der Waals surface area contributed by atoms with Gasteiger partial charge in [0.15, 0.2) is 5.78 Å². The van der Waals surface area contributed by atoms with Crippen LogP contribution < -0.4 is 5.32 Å². The molecule has 0 spiro atoms. The van der Waals surface area contributed by atoms with Gasteiger partial charge in [-0.05, 0) is 24.1 Å². The van der Waals surface area contributed by atoms with E-state index in [1.165, 1.54) is 30.4 Å². The van der Waals surface area contributed by atoms with Crippen molar-refractivity contribution in [3.05, 3.63) is 76.4 Å². The summed E-state index contributed by atoms with van der Waals surface area (Å²) in [7, 11) is 0. The summed E-state index contributed by atoms with van der Waals surface area (Å²) >= 11 is 1.28. The number of nitrogens with one attached hydrogen (secondary N) is 1. The van der Waals surface area contributed by atoms with E-state index >= 15 is 0 Å². The number of ketones is 1. The number of hydrogen-bond donors (Lipinski definition) is 1. The molecule has 27 heavy (non-hydrogen) atoms. The Labute approximate surface area is 164 Å². The summed E-state index contributed by atoms with van der Waals surface area (Å²) in [4.78, 5) is 17.2. The van der Waals surface area contributed by atoms with Gasteiger partial charge in [0.1, 0.15) is 21.5 Å². The Hall–Kier alpha value is -2.53. The van der Waals surface area contributed by atoms with Gasteiger partial charge in [0.05, 0.1) is 0 Å². The molecule has 0 saturated carbocycles. The van der Waals surface area contributed by atoms with Crippen LogP contribution >= 0.6 is 11.3 Å². The Bertz CT molecular complexity index is 837. The van der Waals surface area contributed by atoms with Crippen molar-refractivity contribution in [2.45, 2.75) is 39.7 Å². The maximum Gasteiger partial charge on any atom is 0.173 e. The summed E-state index contributed by atoms with van der Waals surface area (Å²) in [5.41, 5.74) is 1.78. The third-order valence-corrected chi connectivity index (χ3v) is 5.11. The molecule has 0 fully saturated rings. The highest BCUT2D eigenvalue weighted by molar-refractivity contribution is 7.15. The molecule has 2 aromatic rings. The Morgan fingerprint density at radius 2 is 2.07 bits per heavy atom. The maximum atomic E-state index is 13.8. The zero-order chi connectivity index (χ0) is 19.6. The smallest absolute Gasteiger partial charge is 0.173 e. The first-order valence-electron chi connectivity index (χ1n) is 9.04. The number of benzene rings is 1. The van der Waals surface area contributed by atoms with E-state index in [1.807, 2.05) is 36.4 Å². The van der Waals surface area contributed by atoms with Crippen molar-refractivity contribution >= 4 is 28.5 Å². The number of anilines is 1. The van der Waals surface area contributed by atoms with Gasteiger partial charge in [-0.2, -0.15) is 0 Å². The van der Waals surface area contributed by atoms with Crippen molar-refractivity contribution in [3.63, 3.8) is 0 Å². The molecule has 0 aliphatic carbocycles. The molecular weight excluding hydrogens is 359 g/mol. The van der Waals surface area contributed by atoms with Crippen LogP contribution in [0, 0.1) is 0 Å². The van der Waals surface area contributed by atoms with E-state index in [-0.39, 0.29) is 5.78 Å². The number of aromatic nitrogens is 1. The number of allylic oxidation sites excluding steroid dienone is 5. The number of thiazole rings is 1. The number of rotatable bonds is 10. The first-order chi connectivity index (χ1) is 13.0. The van der Waals surface area contributed by atoms with Crippen molar-refractivity contribution in [1.82, 2.24) is 4.98 Å². The lowest BCUT2D eigenvalue weighted by Crippen LogP contribution is -2.03. The molecule has 0 bridgehead atoms. The predicted octanol–water partition coefficient (Wildman–Crippen LogP) is 6.57. The van der Waals surface area contributed by atoms with Crippen LogP contribution in [-0.4, -0.2) is 10.8 Å². The van der Waals surface area contributed by atoms with Gasteiger partial charge < -0.3 is 5.32 Å². The van der Waals surface area contributed by atoms with Crippen LogP contribution in [0.25, 0.3) is 5.57 Å². The summed E-state index contributed by atoms with van der Waals surface area (Å²) in [6, 6.07) is 9.90. The maximum absolute atomic E-state index is 13.8. The van der Waals surface area contributed by atoms with Gasteiger partial charge in [0.25, 0.3) is 0 Å². The fraction of sp³-hybridized carbons (Fsp3) is 0.273. The van der Waals surface area contributed by atoms with Crippen LogP contribution in [0.4, 0.5) is 10.2 Å². The van der Waals surface area contributed by atoms with Gasteiger partial charge in [-0.15, -0.1) is 11.3 Å². The molecule has 0 saturated heterocycles. The zero-order valence-corrected chi connectivity index (χ0v) is 16.6. The minimum absolute atomic E-state index is 0.0598. The van der Waals surface area contributed by atoms with Crippen molar-refractivity contribution in [2.24, 2.45) is 0 Å². The number of Topliss-reactive ketones (excluding diaryl/α,β-unsaturated/α-hetero) is 1. The minimum Gasteiger partial charge on any atom is -0.365 e. The first-order valence-corrected chi connectivity index (χ1v) is 9.86. The van der Waals surface area contributed by atoms with Gasteiger partial charge in [0, 0.05) is 19.0 Å². The number of carbonyl (C=O) groups excluding carboxylic acids is 1. The lowest BCUT2D eigenvalue weighted by molar-refractivity contribution is 0.102. The number of carbonyl (C=O) groups is 1. The van der Waals surface area contributed by atoms with E-state index in [0.29, 0.717) is 27.8 Å². The molecule has 1 N–H and O–H groups in total. The number of unbranched alkanes of at least 4 members (excludes halogenated alkanes) is 2. The van der Waals surface area contributed by atoms with E-state index in [4.69, 9.17) is 0 Å². The first kappa shape index (κ1) is 20.8. The summed E-state index contributed by atoms with van der Waals surface area (Å²) in [5, 5.41) is 3.87. The second-order valence-corrected chi connectivity index (χ2v) is 7.13. The van der Waals surface area contributed by atoms with Crippen molar-refractivity contribution < 1.29 is 9.18 Å². The standard InChI is InChI=1S/C22H25FN2OS/c1-4-6-8-13-18(14-19(23)5-2)22-25-21(20(27-22)16(3)26)24-15-17-11-9-7-10-12-17/h5,7,9-14,24H,2,4,6,8,15H2,1,3H3/b18-13+,19-14+. The summed E-state index contributed by atoms with van der Waals surface area (Å²) < 4.78 is 13.8. The van der Waals surface area contributed by atoms with Crippen molar-refractivity contribution in [2.75, 3.05) is 5.32 Å². The van der Waals surface area contributed by atoms with E-state index in [9.17, 15) is 9.18 Å². The molecule has 5 heteroatoms. The SMILES string of the molecule is C=C/C(F)=C\C(=C/CCCC)c1nc(NCc2ccccc2)c(C(C)=O)s1. The Kier molecular flexibility index (Phi) is 8.14. The molecule has 142 valence electrons. The molecule has 0 aliphatic heterocycles. The summed E-state index contributed by atoms with van der Waals surface area (Å²) in [6.07, 6.45) is 7.45. The Morgan fingerprint density at radius 3 is 2.70 bits per heavy atom. The van der Waals surface area contributed by atoms with Gasteiger partial charge in [-0.3, -0.25) is 4.79 Å². The molecular formula is C22H25FN2OS. The molecule has 0 amide bonds. The summed E-state index contributed by atoms with van der Waals surface area (Å²) in [6.45, 7) is 7.66. The van der Waals surface area contributed by atoms with Crippen LogP contribution in [0.3, 0.4) is 0 Å². The number of hydrogen-bond acceptors (Lipinski definition) is 4. The van der Waals surface area contributed by atoms with Crippen LogP contribution in [0.15, 0.2) is 61.0 Å². The van der Waals surface area contributed by atoms with Crippen LogP contribution in [0.5, 0.6) is 0 Å². The predicted molar refractivity (Wildman–Crippen MR) is 113 cm³/mol. The quantitative estimate of drug-likeness (QED) is 0.286. The number of nitrogens with zero attached hydrogens (tertiary/aromatic N) is 1. The fourth-order valence-electron chi connectivity index (χ4n) is 2.46. The van der Waals surface area contributed by atoms with E-state index in [1.54, 1.807) is 0 Å². The van der Waals surface area contributed by atoms with E-state index in [2.05, 4.69) is 23.8 Å². The monoisotopic (exact) mass is 384 g/mol. The highest BCUT2D eigenvalue weighted by atomic mass is 32.1. The van der Waals surface area contributed by atoms with Crippen LogP contribution in [0.2, 0.25) is 0 Å². The lowest BCUT2D eigenvalue weighted by atomic mass is 10.1. The fourth-order valence-corrected chi connectivity index (χ4v) is 3.41. The molecule has 0 aliphatic rings. The average Bonchev–Trinajstić information content (AvgIpc) is 3.11. The molecule has 0 unspecified atom stereocenters. The van der Waals surface area contributed by atoms with Gasteiger partial charge in [0.2, 0.25) is 0 Å². The summed E-state index contributed by atoms with van der Waals surface area (Å²) in [5.74, 6) is 0.0617. The molecule has 1 heterocycles. The third kappa shape index (κ3) is 6.29. The van der Waals surface area contributed by atoms with Gasteiger partial charge in [-0.1, -0.05) is 62.8 Å². The normalized spacial score (nSPS) is 12.1. The van der Waals surface area contributed by atoms with Crippen molar-refractivity contribution in [1.29, 1.82) is 0 Å².